The maximum Gasteiger partial charge on any atom is 0.338 e. The molecular weight excluding hydrogens is 370 g/mol. The molecule has 0 aliphatic rings. The van der Waals surface area contributed by atoms with Crippen LogP contribution in [0.4, 0.5) is 17.1 Å². The zero-order valence-corrected chi connectivity index (χ0v) is 15.3. The minimum Gasteiger partial charge on any atom is -0.454 e. The SMILES string of the molecule is COCCNc1ccc(C(=O)O[C@H](C)c2cccc([N+](=O)[O-])c2)cc1[N+](=O)[O-]. The van der Waals surface area contributed by atoms with Crippen molar-refractivity contribution in [1.82, 2.24) is 0 Å². The number of hydrogen-bond donors (Lipinski definition) is 1. The van der Waals surface area contributed by atoms with Gasteiger partial charge in [0.2, 0.25) is 0 Å². The van der Waals surface area contributed by atoms with E-state index in [4.69, 9.17) is 9.47 Å². The molecule has 0 saturated heterocycles. The Labute approximate surface area is 160 Å². The zero-order valence-electron chi connectivity index (χ0n) is 15.3. The largest absolute Gasteiger partial charge is 0.454 e. The van der Waals surface area contributed by atoms with Gasteiger partial charge in [-0.2, -0.15) is 0 Å². The monoisotopic (exact) mass is 389 g/mol. The molecule has 0 aliphatic carbocycles. The van der Waals surface area contributed by atoms with Crippen molar-refractivity contribution in [2.24, 2.45) is 0 Å². The second kappa shape index (κ2) is 9.42. The summed E-state index contributed by atoms with van der Waals surface area (Å²) >= 11 is 0. The van der Waals surface area contributed by atoms with E-state index in [0.717, 1.165) is 6.07 Å². The fraction of sp³-hybridized carbons (Fsp3) is 0.278. The first-order valence-electron chi connectivity index (χ1n) is 8.30. The predicted molar refractivity (Wildman–Crippen MR) is 100 cm³/mol. The number of rotatable bonds is 9. The second-order valence-corrected chi connectivity index (χ2v) is 5.81. The van der Waals surface area contributed by atoms with Gasteiger partial charge in [0.05, 0.1) is 22.0 Å². The quantitative estimate of drug-likeness (QED) is 0.298. The van der Waals surface area contributed by atoms with Crippen molar-refractivity contribution in [2.45, 2.75) is 13.0 Å². The Bertz CT molecular complexity index is 885. The van der Waals surface area contributed by atoms with Gasteiger partial charge in [-0.3, -0.25) is 20.2 Å². The second-order valence-electron chi connectivity index (χ2n) is 5.81. The van der Waals surface area contributed by atoms with Crippen LogP contribution >= 0.6 is 0 Å². The lowest BCUT2D eigenvalue weighted by molar-refractivity contribution is -0.385. The minimum absolute atomic E-state index is 0.00118. The van der Waals surface area contributed by atoms with E-state index in [1.54, 1.807) is 13.0 Å². The van der Waals surface area contributed by atoms with Crippen molar-refractivity contribution in [3.05, 3.63) is 73.8 Å². The Morgan fingerprint density at radius 2 is 1.89 bits per heavy atom. The van der Waals surface area contributed by atoms with E-state index >= 15 is 0 Å². The number of nitrogens with one attached hydrogen (secondary N) is 1. The van der Waals surface area contributed by atoms with Crippen molar-refractivity contribution >= 4 is 23.0 Å². The number of methoxy groups -OCH3 is 1. The van der Waals surface area contributed by atoms with E-state index in [1.807, 2.05) is 0 Å². The molecule has 2 rings (SSSR count). The van der Waals surface area contributed by atoms with Crippen molar-refractivity contribution in [1.29, 1.82) is 0 Å². The maximum atomic E-state index is 12.4. The number of non-ortho nitro benzene ring substituents is 1. The molecule has 10 heteroatoms. The summed E-state index contributed by atoms with van der Waals surface area (Å²) < 4.78 is 10.2. The van der Waals surface area contributed by atoms with Crippen LogP contribution in [0.5, 0.6) is 0 Å². The third-order valence-electron chi connectivity index (χ3n) is 3.89. The average Bonchev–Trinajstić information content (AvgIpc) is 2.68. The third kappa shape index (κ3) is 5.24. The van der Waals surface area contributed by atoms with E-state index in [-0.39, 0.29) is 22.6 Å². The summed E-state index contributed by atoms with van der Waals surface area (Å²) in [6.07, 6.45) is -0.772. The van der Waals surface area contributed by atoms with Gasteiger partial charge in [-0.1, -0.05) is 12.1 Å². The molecule has 0 amide bonds. The van der Waals surface area contributed by atoms with Crippen LogP contribution in [0.3, 0.4) is 0 Å². The molecule has 1 atom stereocenters. The zero-order chi connectivity index (χ0) is 20.7. The Morgan fingerprint density at radius 3 is 2.54 bits per heavy atom. The minimum atomic E-state index is -0.773. The fourth-order valence-corrected chi connectivity index (χ4v) is 2.43. The lowest BCUT2D eigenvalue weighted by Crippen LogP contribution is -2.12. The van der Waals surface area contributed by atoms with Crippen molar-refractivity contribution in [2.75, 3.05) is 25.6 Å². The van der Waals surface area contributed by atoms with E-state index < -0.39 is 21.9 Å². The van der Waals surface area contributed by atoms with Crippen LogP contribution in [0.15, 0.2) is 42.5 Å². The van der Waals surface area contributed by atoms with Crippen LogP contribution in [0.1, 0.15) is 28.9 Å². The first kappa shape index (κ1) is 20.8. The molecule has 0 radical (unpaired) electrons. The molecule has 0 fully saturated rings. The number of carbonyl (C=O) groups is 1. The average molecular weight is 389 g/mol. The molecule has 28 heavy (non-hydrogen) atoms. The van der Waals surface area contributed by atoms with Crippen LogP contribution in [-0.2, 0) is 9.47 Å². The summed E-state index contributed by atoms with van der Waals surface area (Å²) in [6, 6.07) is 9.67. The van der Waals surface area contributed by atoms with E-state index in [0.29, 0.717) is 18.7 Å². The molecule has 1 N–H and O–H groups in total. The van der Waals surface area contributed by atoms with Crippen LogP contribution in [0.2, 0.25) is 0 Å². The third-order valence-corrected chi connectivity index (χ3v) is 3.89. The standard InChI is InChI=1S/C18H19N3O7/c1-12(13-4-3-5-15(10-13)20(23)24)28-18(22)14-6-7-16(19-8-9-27-2)17(11-14)21(25)26/h3-7,10-12,19H,8-9H2,1-2H3/t12-/m1/s1. The smallest absolute Gasteiger partial charge is 0.338 e. The van der Waals surface area contributed by atoms with Crippen molar-refractivity contribution < 1.29 is 24.1 Å². The van der Waals surface area contributed by atoms with Crippen LogP contribution in [-0.4, -0.2) is 36.1 Å². The summed E-state index contributed by atoms with van der Waals surface area (Å²) in [5.41, 5.74) is 0.303. The Kier molecular flexibility index (Phi) is 6.99. The fourth-order valence-electron chi connectivity index (χ4n) is 2.43. The number of nitro groups is 2. The summed E-state index contributed by atoms with van der Waals surface area (Å²) in [4.78, 5) is 33.4. The van der Waals surface area contributed by atoms with Gasteiger partial charge in [0.15, 0.2) is 0 Å². The molecule has 148 valence electrons. The molecule has 0 aliphatic heterocycles. The number of esters is 1. The predicted octanol–water partition coefficient (Wildman–Crippen LogP) is 3.48. The van der Waals surface area contributed by atoms with Crippen molar-refractivity contribution in [3.63, 3.8) is 0 Å². The molecule has 0 spiro atoms. The lowest BCUT2D eigenvalue weighted by Gasteiger charge is -2.14. The highest BCUT2D eigenvalue weighted by Gasteiger charge is 2.21. The highest BCUT2D eigenvalue weighted by atomic mass is 16.6. The van der Waals surface area contributed by atoms with Gasteiger partial charge in [-0.25, -0.2) is 4.79 Å². The number of anilines is 1. The number of ether oxygens (including phenoxy) is 2. The molecular formula is C18H19N3O7. The topological polar surface area (TPSA) is 134 Å². The van der Waals surface area contributed by atoms with E-state index in [1.165, 1.54) is 37.4 Å². The first-order chi connectivity index (χ1) is 13.3. The highest BCUT2D eigenvalue weighted by molar-refractivity contribution is 5.91. The van der Waals surface area contributed by atoms with E-state index in [9.17, 15) is 25.0 Å². The molecule has 0 saturated carbocycles. The van der Waals surface area contributed by atoms with Crippen LogP contribution < -0.4 is 5.32 Å². The number of benzene rings is 2. The Balaban J connectivity index is 2.17. The lowest BCUT2D eigenvalue weighted by atomic mass is 10.1. The van der Waals surface area contributed by atoms with Gasteiger partial charge >= 0.3 is 5.97 Å². The summed E-state index contributed by atoms with van der Waals surface area (Å²) in [6.45, 7) is 2.29. The molecule has 2 aromatic carbocycles. The Morgan fingerprint density at radius 1 is 1.14 bits per heavy atom. The molecule has 10 nitrogen and oxygen atoms in total. The number of nitrogens with zero attached hydrogens (tertiary/aromatic N) is 2. The number of carbonyl (C=O) groups excluding carboxylic acids is 1. The summed E-state index contributed by atoms with van der Waals surface area (Å²) in [5, 5.41) is 25.0. The van der Waals surface area contributed by atoms with Gasteiger partial charge in [-0.05, 0) is 24.6 Å². The van der Waals surface area contributed by atoms with Gasteiger partial charge in [-0.15, -0.1) is 0 Å². The van der Waals surface area contributed by atoms with Crippen molar-refractivity contribution in [3.8, 4) is 0 Å². The highest BCUT2D eigenvalue weighted by Crippen LogP contribution is 2.27. The first-order valence-corrected chi connectivity index (χ1v) is 8.30. The van der Waals surface area contributed by atoms with E-state index in [2.05, 4.69) is 5.32 Å². The van der Waals surface area contributed by atoms with Gasteiger partial charge in [0, 0.05) is 31.9 Å². The van der Waals surface area contributed by atoms with Crippen LogP contribution in [0, 0.1) is 20.2 Å². The summed E-state index contributed by atoms with van der Waals surface area (Å²) in [5.74, 6) is -0.773. The molecule has 0 heterocycles. The molecule has 0 unspecified atom stereocenters. The maximum absolute atomic E-state index is 12.4. The Hall–Kier alpha value is -3.53. The molecule has 0 aromatic heterocycles. The number of nitro benzene ring substituents is 2. The van der Waals surface area contributed by atoms with Crippen LogP contribution in [0.25, 0.3) is 0 Å². The summed E-state index contributed by atoms with van der Waals surface area (Å²) in [7, 11) is 1.51. The molecule has 2 aromatic rings. The molecule has 0 bridgehead atoms. The van der Waals surface area contributed by atoms with Gasteiger partial charge in [0.1, 0.15) is 11.8 Å². The van der Waals surface area contributed by atoms with Gasteiger partial charge < -0.3 is 14.8 Å². The number of hydrogen-bond acceptors (Lipinski definition) is 8. The normalized spacial score (nSPS) is 11.5. The van der Waals surface area contributed by atoms with Gasteiger partial charge in [0.25, 0.3) is 11.4 Å².